The lowest BCUT2D eigenvalue weighted by molar-refractivity contribution is 0.244. The molecule has 0 aromatic carbocycles. The number of nitrogens with two attached hydrogens (primary N) is 1. The molecule has 2 aliphatic carbocycles. The maximum absolute atomic E-state index is 5.71. The summed E-state index contributed by atoms with van der Waals surface area (Å²) in [5.74, 6) is 1.61. The number of hydrogen-bond acceptors (Lipinski definition) is 3. The Hall–Kier alpha value is -1.09. The van der Waals surface area contributed by atoms with Gasteiger partial charge in [0.15, 0.2) is 0 Å². The van der Waals surface area contributed by atoms with E-state index in [0.29, 0.717) is 5.82 Å². The fourth-order valence-electron chi connectivity index (χ4n) is 2.24. The predicted octanol–water partition coefficient (Wildman–Crippen LogP) is 2.04. The van der Waals surface area contributed by atoms with E-state index in [4.69, 9.17) is 5.73 Å². The molecule has 1 aromatic rings. The van der Waals surface area contributed by atoms with Gasteiger partial charge in [0.05, 0.1) is 0 Å². The highest BCUT2D eigenvalue weighted by atomic mass is 15.2. The largest absolute Gasteiger partial charge is 0.384 e. The zero-order valence-corrected chi connectivity index (χ0v) is 9.60. The molecule has 2 saturated carbocycles. The van der Waals surface area contributed by atoms with Crippen LogP contribution in [0, 0.1) is 5.92 Å². The molecular weight excluding hydrogens is 198 g/mol. The van der Waals surface area contributed by atoms with Crippen molar-refractivity contribution < 1.29 is 0 Å². The number of aromatic nitrogens is 1. The Morgan fingerprint density at radius 1 is 1.31 bits per heavy atom. The van der Waals surface area contributed by atoms with Gasteiger partial charge >= 0.3 is 0 Å². The molecule has 3 heteroatoms. The fourth-order valence-corrected chi connectivity index (χ4v) is 2.24. The van der Waals surface area contributed by atoms with Gasteiger partial charge in [0, 0.05) is 25.3 Å². The van der Waals surface area contributed by atoms with Crippen molar-refractivity contribution in [3.8, 4) is 0 Å². The molecule has 0 amide bonds. The number of hydrogen-bond donors (Lipinski definition) is 1. The number of pyridine rings is 1. The minimum absolute atomic E-state index is 0.639. The van der Waals surface area contributed by atoms with Crippen molar-refractivity contribution in [3.63, 3.8) is 0 Å². The Kier molecular flexibility index (Phi) is 2.56. The summed E-state index contributed by atoms with van der Waals surface area (Å²) in [6.07, 6.45) is 7.44. The van der Waals surface area contributed by atoms with E-state index in [9.17, 15) is 0 Å². The van der Waals surface area contributed by atoms with Gasteiger partial charge in [0.2, 0.25) is 0 Å². The van der Waals surface area contributed by atoms with Crippen LogP contribution < -0.4 is 5.73 Å². The second-order valence-electron chi connectivity index (χ2n) is 5.19. The van der Waals surface area contributed by atoms with Gasteiger partial charge in [-0.2, -0.15) is 0 Å². The van der Waals surface area contributed by atoms with E-state index in [1.807, 2.05) is 12.3 Å². The molecule has 0 bridgehead atoms. The molecule has 2 N–H and O–H groups in total. The van der Waals surface area contributed by atoms with Crippen LogP contribution in [0.1, 0.15) is 31.2 Å². The molecule has 0 spiro atoms. The summed E-state index contributed by atoms with van der Waals surface area (Å²) in [6.45, 7) is 2.33. The highest BCUT2D eigenvalue weighted by Crippen LogP contribution is 2.35. The van der Waals surface area contributed by atoms with Gasteiger partial charge in [-0.15, -0.1) is 0 Å². The normalized spacial score (nSPS) is 20.3. The molecule has 1 heterocycles. The van der Waals surface area contributed by atoms with Crippen molar-refractivity contribution in [2.75, 3.05) is 12.3 Å². The minimum atomic E-state index is 0.639. The van der Waals surface area contributed by atoms with Gasteiger partial charge in [0.1, 0.15) is 5.82 Å². The summed E-state index contributed by atoms with van der Waals surface area (Å²) in [5, 5.41) is 0. The van der Waals surface area contributed by atoms with E-state index in [2.05, 4.69) is 16.0 Å². The number of nitrogens with zero attached hydrogens (tertiary/aromatic N) is 2. The molecule has 0 aliphatic heterocycles. The number of nitrogen functional groups attached to an aromatic ring is 1. The second-order valence-corrected chi connectivity index (χ2v) is 5.19. The summed E-state index contributed by atoms with van der Waals surface area (Å²) >= 11 is 0. The van der Waals surface area contributed by atoms with Gasteiger partial charge in [0.25, 0.3) is 0 Å². The van der Waals surface area contributed by atoms with E-state index >= 15 is 0 Å². The standard InChI is InChI=1S/C13H19N3/c14-13-7-11(5-6-15-13)9-16(12-3-4-12)8-10-1-2-10/h5-7,10,12H,1-4,8-9H2,(H2,14,15). The molecule has 2 aliphatic rings. The van der Waals surface area contributed by atoms with E-state index in [0.717, 1.165) is 18.5 Å². The third-order valence-corrected chi connectivity index (χ3v) is 3.48. The molecule has 16 heavy (non-hydrogen) atoms. The van der Waals surface area contributed by atoms with Crippen LogP contribution in [0.15, 0.2) is 18.3 Å². The van der Waals surface area contributed by atoms with Crippen molar-refractivity contribution in [2.24, 2.45) is 5.92 Å². The van der Waals surface area contributed by atoms with Gasteiger partial charge < -0.3 is 5.73 Å². The highest BCUT2D eigenvalue weighted by Gasteiger charge is 2.33. The van der Waals surface area contributed by atoms with Crippen molar-refractivity contribution in [1.82, 2.24) is 9.88 Å². The Morgan fingerprint density at radius 2 is 2.12 bits per heavy atom. The van der Waals surface area contributed by atoms with E-state index in [1.165, 1.54) is 37.8 Å². The smallest absolute Gasteiger partial charge is 0.123 e. The highest BCUT2D eigenvalue weighted by molar-refractivity contribution is 5.31. The monoisotopic (exact) mass is 217 g/mol. The Balaban J connectivity index is 1.65. The van der Waals surface area contributed by atoms with E-state index in [-0.39, 0.29) is 0 Å². The maximum atomic E-state index is 5.71. The molecule has 0 atom stereocenters. The van der Waals surface area contributed by atoms with Crippen LogP contribution in [0.25, 0.3) is 0 Å². The number of anilines is 1. The fraction of sp³-hybridized carbons (Fsp3) is 0.615. The molecule has 86 valence electrons. The molecule has 0 radical (unpaired) electrons. The van der Waals surface area contributed by atoms with Crippen LogP contribution in [0.2, 0.25) is 0 Å². The summed E-state index contributed by atoms with van der Waals surface area (Å²) in [7, 11) is 0. The third-order valence-electron chi connectivity index (χ3n) is 3.48. The lowest BCUT2D eigenvalue weighted by Gasteiger charge is -2.21. The van der Waals surface area contributed by atoms with Gasteiger partial charge in [-0.05, 0) is 49.3 Å². The van der Waals surface area contributed by atoms with Gasteiger partial charge in [-0.25, -0.2) is 4.98 Å². The molecular formula is C13H19N3. The van der Waals surface area contributed by atoms with E-state index in [1.54, 1.807) is 0 Å². The van der Waals surface area contributed by atoms with E-state index < -0.39 is 0 Å². The minimum Gasteiger partial charge on any atom is -0.384 e. The first-order valence-corrected chi connectivity index (χ1v) is 6.26. The average molecular weight is 217 g/mol. The lowest BCUT2D eigenvalue weighted by Crippen LogP contribution is -2.27. The van der Waals surface area contributed by atoms with Crippen molar-refractivity contribution in [2.45, 2.75) is 38.3 Å². The van der Waals surface area contributed by atoms with Gasteiger partial charge in [-0.3, -0.25) is 4.90 Å². The lowest BCUT2D eigenvalue weighted by atomic mass is 10.2. The average Bonchev–Trinajstić information content (AvgIpc) is 3.12. The summed E-state index contributed by atoms with van der Waals surface area (Å²) in [6, 6.07) is 4.93. The van der Waals surface area contributed by atoms with Crippen molar-refractivity contribution >= 4 is 5.82 Å². The summed E-state index contributed by atoms with van der Waals surface area (Å²) in [4.78, 5) is 6.67. The molecule has 2 fully saturated rings. The third kappa shape index (κ3) is 2.53. The Morgan fingerprint density at radius 3 is 2.75 bits per heavy atom. The molecule has 3 nitrogen and oxygen atoms in total. The topological polar surface area (TPSA) is 42.1 Å². The molecule has 1 aromatic heterocycles. The van der Waals surface area contributed by atoms with Gasteiger partial charge in [-0.1, -0.05) is 0 Å². The Labute approximate surface area is 96.7 Å². The molecule has 0 saturated heterocycles. The second kappa shape index (κ2) is 4.06. The van der Waals surface area contributed by atoms with Crippen molar-refractivity contribution in [3.05, 3.63) is 23.9 Å². The number of rotatable bonds is 5. The molecule has 3 rings (SSSR count). The van der Waals surface area contributed by atoms with Crippen LogP contribution in [0.5, 0.6) is 0 Å². The van der Waals surface area contributed by atoms with Crippen LogP contribution in [0.3, 0.4) is 0 Å². The Bertz CT molecular complexity index is 369. The quantitative estimate of drug-likeness (QED) is 0.820. The first-order valence-electron chi connectivity index (χ1n) is 6.26. The first kappa shape index (κ1) is 10.1. The maximum Gasteiger partial charge on any atom is 0.123 e. The predicted molar refractivity (Wildman–Crippen MR) is 64.8 cm³/mol. The summed E-state index contributed by atoms with van der Waals surface area (Å²) < 4.78 is 0. The van der Waals surface area contributed by atoms with Crippen LogP contribution in [0.4, 0.5) is 5.82 Å². The zero-order valence-electron chi connectivity index (χ0n) is 9.60. The summed E-state index contributed by atoms with van der Waals surface area (Å²) in [5.41, 5.74) is 7.02. The van der Waals surface area contributed by atoms with Crippen LogP contribution in [-0.2, 0) is 6.54 Å². The zero-order chi connectivity index (χ0) is 11.0. The van der Waals surface area contributed by atoms with Crippen molar-refractivity contribution in [1.29, 1.82) is 0 Å². The van der Waals surface area contributed by atoms with Crippen LogP contribution >= 0.6 is 0 Å². The first-order chi connectivity index (χ1) is 7.81. The SMILES string of the molecule is Nc1cc(CN(CC2CC2)C2CC2)ccn1. The molecule has 0 unspecified atom stereocenters. The van der Waals surface area contributed by atoms with Crippen LogP contribution in [-0.4, -0.2) is 22.5 Å².